The molecule has 3 rings (SSSR count). The first-order valence-corrected chi connectivity index (χ1v) is 11.0. The molecule has 0 saturated heterocycles. The fourth-order valence-electron chi connectivity index (χ4n) is 3.07. The third-order valence-corrected chi connectivity index (χ3v) is 5.75. The SMILES string of the molecule is CCc1ccc(O[C@H](C)c2nnc(SCC(=O)c3cccc([N+](=O)[O-])c3)n2CC)cc1. The summed E-state index contributed by atoms with van der Waals surface area (Å²) in [5.74, 6) is 1.33. The molecule has 0 saturated carbocycles. The van der Waals surface area contributed by atoms with Gasteiger partial charge in [-0.3, -0.25) is 14.9 Å². The minimum Gasteiger partial charge on any atom is -0.483 e. The van der Waals surface area contributed by atoms with Gasteiger partial charge in [0.2, 0.25) is 0 Å². The Balaban J connectivity index is 1.68. The molecule has 0 bridgehead atoms. The topological polar surface area (TPSA) is 100 Å². The van der Waals surface area contributed by atoms with Crippen LogP contribution >= 0.6 is 11.8 Å². The minimum atomic E-state index is -0.513. The zero-order valence-electron chi connectivity index (χ0n) is 17.6. The number of benzene rings is 2. The number of rotatable bonds is 10. The minimum absolute atomic E-state index is 0.104. The van der Waals surface area contributed by atoms with Crippen molar-refractivity contribution < 1.29 is 14.5 Å². The van der Waals surface area contributed by atoms with E-state index < -0.39 is 4.92 Å². The van der Waals surface area contributed by atoms with E-state index >= 15 is 0 Å². The molecule has 0 N–H and O–H groups in total. The number of hydrogen-bond acceptors (Lipinski definition) is 7. The molecule has 3 aromatic rings. The van der Waals surface area contributed by atoms with Crippen molar-refractivity contribution >= 4 is 23.2 Å². The Morgan fingerprint density at radius 1 is 1.19 bits per heavy atom. The molecule has 1 aromatic heterocycles. The molecule has 0 aliphatic carbocycles. The second kappa shape index (κ2) is 10.2. The van der Waals surface area contributed by atoms with Gasteiger partial charge < -0.3 is 9.30 Å². The molecule has 1 atom stereocenters. The van der Waals surface area contributed by atoms with Crippen LogP contribution in [-0.4, -0.2) is 31.2 Å². The third kappa shape index (κ3) is 5.49. The highest BCUT2D eigenvalue weighted by atomic mass is 32.2. The highest BCUT2D eigenvalue weighted by Crippen LogP contribution is 2.26. The van der Waals surface area contributed by atoms with Gasteiger partial charge in [-0.15, -0.1) is 10.2 Å². The molecule has 0 amide bonds. The van der Waals surface area contributed by atoms with Crippen LogP contribution in [0.15, 0.2) is 53.7 Å². The standard InChI is InChI=1S/C22H24N4O4S/c1-4-16-9-11-19(12-10-16)30-15(3)21-23-24-22(25(21)5-2)31-14-20(27)17-7-6-8-18(13-17)26(28)29/h6-13,15H,4-5,14H2,1-3H3/t15-/m1/s1. The molecule has 9 heteroatoms. The summed E-state index contributed by atoms with van der Waals surface area (Å²) in [5, 5.41) is 20.0. The molecule has 162 valence electrons. The highest BCUT2D eigenvalue weighted by molar-refractivity contribution is 7.99. The summed E-state index contributed by atoms with van der Waals surface area (Å²) >= 11 is 1.25. The molecule has 0 unspecified atom stereocenters. The van der Waals surface area contributed by atoms with Crippen molar-refractivity contribution in [2.24, 2.45) is 0 Å². The maximum absolute atomic E-state index is 12.5. The zero-order chi connectivity index (χ0) is 22.4. The van der Waals surface area contributed by atoms with Gasteiger partial charge in [0.1, 0.15) is 5.75 Å². The number of nitrogens with zero attached hydrogens (tertiary/aromatic N) is 4. The summed E-state index contributed by atoms with van der Waals surface area (Å²) in [6, 6.07) is 13.7. The van der Waals surface area contributed by atoms with Gasteiger partial charge in [-0.2, -0.15) is 0 Å². The number of aromatic nitrogens is 3. The fraction of sp³-hybridized carbons (Fsp3) is 0.318. The molecule has 0 spiro atoms. The van der Waals surface area contributed by atoms with Gasteiger partial charge in [-0.05, 0) is 38.0 Å². The summed E-state index contributed by atoms with van der Waals surface area (Å²) in [7, 11) is 0. The number of carbonyl (C=O) groups excluding carboxylic acids is 1. The molecule has 8 nitrogen and oxygen atoms in total. The van der Waals surface area contributed by atoms with E-state index in [-0.39, 0.29) is 23.3 Å². The van der Waals surface area contributed by atoms with Crippen LogP contribution in [0.4, 0.5) is 5.69 Å². The van der Waals surface area contributed by atoms with Crippen molar-refractivity contribution in [1.82, 2.24) is 14.8 Å². The Morgan fingerprint density at radius 3 is 2.58 bits per heavy atom. The van der Waals surface area contributed by atoms with Crippen LogP contribution in [0.25, 0.3) is 0 Å². The van der Waals surface area contributed by atoms with E-state index in [0.717, 1.165) is 12.2 Å². The summed E-state index contributed by atoms with van der Waals surface area (Å²) in [6.07, 6.45) is 0.650. The monoisotopic (exact) mass is 440 g/mol. The number of ether oxygens (including phenoxy) is 1. The summed E-state index contributed by atoms with van der Waals surface area (Å²) < 4.78 is 7.94. The Morgan fingerprint density at radius 2 is 1.94 bits per heavy atom. The highest BCUT2D eigenvalue weighted by Gasteiger charge is 2.20. The Kier molecular flexibility index (Phi) is 7.41. The van der Waals surface area contributed by atoms with Gasteiger partial charge >= 0.3 is 0 Å². The van der Waals surface area contributed by atoms with Gasteiger partial charge in [0, 0.05) is 24.2 Å². The number of nitro benzene ring substituents is 1. The lowest BCUT2D eigenvalue weighted by atomic mass is 10.1. The summed E-state index contributed by atoms with van der Waals surface area (Å²) in [4.78, 5) is 22.9. The molecular formula is C22H24N4O4S. The number of nitro groups is 1. The van der Waals surface area contributed by atoms with Gasteiger partial charge in [0.15, 0.2) is 22.9 Å². The van der Waals surface area contributed by atoms with E-state index in [0.29, 0.717) is 23.1 Å². The number of hydrogen-bond donors (Lipinski definition) is 0. The second-order valence-electron chi connectivity index (χ2n) is 6.86. The van der Waals surface area contributed by atoms with E-state index in [2.05, 4.69) is 17.1 Å². The van der Waals surface area contributed by atoms with Crippen molar-refractivity contribution in [3.63, 3.8) is 0 Å². The van der Waals surface area contributed by atoms with Crippen molar-refractivity contribution in [1.29, 1.82) is 0 Å². The van der Waals surface area contributed by atoms with Gasteiger partial charge in [-0.25, -0.2) is 0 Å². The van der Waals surface area contributed by atoms with E-state index in [1.165, 1.54) is 35.5 Å². The number of Topliss-reactive ketones (excluding diaryl/α,β-unsaturated/α-hetero) is 1. The third-order valence-electron chi connectivity index (χ3n) is 4.78. The van der Waals surface area contributed by atoms with Crippen LogP contribution in [-0.2, 0) is 13.0 Å². The fourth-order valence-corrected chi connectivity index (χ4v) is 3.98. The lowest BCUT2D eigenvalue weighted by Crippen LogP contribution is -2.12. The first kappa shape index (κ1) is 22.5. The number of carbonyl (C=O) groups is 1. The molecule has 0 radical (unpaired) electrons. The van der Waals surface area contributed by atoms with Gasteiger partial charge in [-0.1, -0.05) is 43.0 Å². The number of non-ortho nitro benzene ring substituents is 1. The first-order chi connectivity index (χ1) is 14.9. The molecular weight excluding hydrogens is 416 g/mol. The largest absolute Gasteiger partial charge is 0.483 e. The Hall–Kier alpha value is -3.20. The Bertz CT molecular complexity index is 1070. The number of ketones is 1. The normalized spacial score (nSPS) is 11.8. The number of thioether (sulfide) groups is 1. The Labute approximate surface area is 184 Å². The second-order valence-corrected chi connectivity index (χ2v) is 7.80. The van der Waals surface area contributed by atoms with E-state index in [4.69, 9.17) is 4.74 Å². The molecule has 0 aliphatic heterocycles. The van der Waals surface area contributed by atoms with Crippen LogP contribution in [0.3, 0.4) is 0 Å². The van der Waals surface area contributed by atoms with Crippen LogP contribution < -0.4 is 4.74 Å². The molecule has 1 heterocycles. The van der Waals surface area contributed by atoms with E-state index in [9.17, 15) is 14.9 Å². The maximum atomic E-state index is 12.5. The molecule has 0 fully saturated rings. The van der Waals surface area contributed by atoms with Crippen molar-refractivity contribution in [3.8, 4) is 5.75 Å². The lowest BCUT2D eigenvalue weighted by Gasteiger charge is -2.15. The van der Waals surface area contributed by atoms with Crippen molar-refractivity contribution in [2.75, 3.05) is 5.75 Å². The van der Waals surface area contributed by atoms with E-state index in [1.54, 1.807) is 6.07 Å². The average Bonchev–Trinajstić information content (AvgIpc) is 3.21. The molecule has 0 aliphatic rings. The van der Waals surface area contributed by atoms with Crippen LogP contribution in [0, 0.1) is 10.1 Å². The number of aryl methyl sites for hydroxylation is 1. The van der Waals surface area contributed by atoms with E-state index in [1.807, 2.05) is 42.7 Å². The predicted octanol–water partition coefficient (Wildman–Crippen LogP) is 4.88. The molecule has 2 aromatic carbocycles. The summed E-state index contributed by atoms with van der Waals surface area (Å²) in [5.41, 5.74) is 1.44. The molecule has 31 heavy (non-hydrogen) atoms. The van der Waals surface area contributed by atoms with Crippen LogP contribution in [0.2, 0.25) is 0 Å². The van der Waals surface area contributed by atoms with Gasteiger partial charge in [0.25, 0.3) is 5.69 Å². The smallest absolute Gasteiger partial charge is 0.270 e. The lowest BCUT2D eigenvalue weighted by molar-refractivity contribution is -0.384. The average molecular weight is 441 g/mol. The predicted molar refractivity (Wildman–Crippen MR) is 119 cm³/mol. The summed E-state index contributed by atoms with van der Waals surface area (Å²) in [6.45, 7) is 6.61. The van der Waals surface area contributed by atoms with Crippen molar-refractivity contribution in [3.05, 3.63) is 75.6 Å². The van der Waals surface area contributed by atoms with Crippen LogP contribution in [0.5, 0.6) is 5.75 Å². The zero-order valence-corrected chi connectivity index (χ0v) is 18.5. The first-order valence-electron chi connectivity index (χ1n) is 10.0. The quantitative estimate of drug-likeness (QED) is 0.192. The van der Waals surface area contributed by atoms with Gasteiger partial charge in [0.05, 0.1) is 10.7 Å². The van der Waals surface area contributed by atoms with Crippen molar-refractivity contribution in [2.45, 2.75) is 45.0 Å². The maximum Gasteiger partial charge on any atom is 0.270 e. The van der Waals surface area contributed by atoms with Crippen LogP contribution in [0.1, 0.15) is 48.6 Å².